The minimum atomic E-state index is 0.00623. The largest absolute Gasteiger partial charge is 0.367 e. The van der Waals surface area contributed by atoms with Crippen LogP contribution in [0.2, 0.25) is 0 Å². The van der Waals surface area contributed by atoms with Gasteiger partial charge in [-0.05, 0) is 29.3 Å². The van der Waals surface area contributed by atoms with E-state index in [1.807, 2.05) is 17.2 Å². The van der Waals surface area contributed by atoms with Crippen molar-refractivity contribution in [3.8, 4) is 0 Å². The lowest BCUT2D eigenvalue weighted by molar-refractivity contribution is -0.144. The number of rotatable bonds is 3. The van der Waals surface area contributed by atoms with Crippen molar-refractivity contribution in [1.82, 2.24) is 4.90 Å². The SMILES string of the molecule is C[C@H]1CN(C(=O)CCN)C[C@H](c2ccsc2)O1. The zero-order valence-electron chi connectivity index (χ0n) is 9.96. The van der Waals surface area contributed by atoms with Gasteiger partial charge in [0.25, 0.3) is 0 Å². The fourth-order valence-electron chi connectivity index (χ4n) is 2.08. The Bertz CT molecular complexity index is 367. The fourth-order valence-corrected chi connectivity index (χ4v) is 2.78. The topological polar surface area (TPSA) is 55.6 Å². The number of hydrogen-bond donors (Lipinski definition) is 1. The summed E-state index contributed by atoms with van der Waals surface area (Å²) < 4.78 is 5.87. The van der Waals surface area contributed by atoms with Crippen molar-refractivity contribution < 1.29 is 9.53 Å². The first kappa shape index (κ1) is 12.5. The molecule has 94 valence electrons. The third-order valence-corrected chi connectivity index (χ3v) is 3.59. The first-order valence-corrected chi connectivity index (χ1v) is 6.80. The van der Waals surface area contributed by atoms with E-state index in [0.29, 0.717) is 26.1 Å². The van der Waals surface area contributed by atoms with Crippen molar-refractivity contribution >= 4 is 17.2 Å². The molecule has 1 amide bonds. The van der Waals surface area contributed by atoms with Crippen molar-refractivity contribution in [3.63, 3.8) is 0 Å². The Hall–Kier alpha value is -0.910. The minimum absolute atomic E-state index is 0.00623. The van der Waals surface area contributed by atoms with Gasteiger partial charge >= 0.3 is 0 Å². The van der Waals surface area contributed by atoms with E-state index in [-0.39, 0.29) is 18.1 Å². The lowest BCUT2D eigenvalue weighted by Crippen LogP contribution is -2.46. The van der Waals surface area contributed by atoms with E-state index in [0.717, 1.165) is 5.56 Å². The van der Waals surface area contributed by atoms with Gasteiger partial charge in [-0.1, -0.05) is 0 Å². The van der Waals surface area contributed by atoms with Crippen molar-refractivity contribution in [3.05, 3.63) is 22.4 Å². The average molecular weight is 254 g/mol. The minimum Gasteiger partial charge on any atom is -0.367 e. The van der Waals surface area contributed by atoms with Gasteiger partial charge in [-0.2, -0.15) is 11.3 Å². The maximum Gasteiger partial charge on any atom is 0.224 e. The lowest BCUT2D eigenvalue weighted by atomic mass is 10.1. The quantitative estimate of drug-likeness (QED) is 0.886. The van der Waals surface area contributed by atoms with Crippen LogP contribution in [-0.4, -0.2) is 36.5 Å². The van der Waals surface area contributed by atoms with Gasteiger partial charge in [0.1, 0.15) is 6.10 Å². The van der Waals surface area contributed by atoms with Gasteiger partial charge in [-0.25, -0.2) is 0 Å². The maximum absolute atomic E-state index is 11.9. The van der Waals surface area contributed by atoms with Crippen LogP contribution in [0.3, 0.4) is 0 Å². The second kappa shape index (κ2) is 5.62. The molecule has 0 radical (unpaired) electrons. The van der Waals surface area contributed by atoms with Crippen molar-refractivity contribution in [2.45, 2.75) is 25.6 Å². The van der Waals surface area contributed by atoms with Gasteiger partial charge in [0.2, 0.25) is 5.91 Å². The highest BCUT2D eigenvalue weighted by Gasteiger charge is 2.28. The van der Waals surface area contributed by atoms with Crippen LogP contribution >= 0.6 is 11.3 Å². The summed E-state index contributed by atoms with van der Waals surface area (Å²) in [5, 5.41) is 4.11. The van der Waals surface area contributed by atoms with Crippen LogP contribution in [0.4, 0.5) is 0 Å². The number of nitrogens with two attached hydrogens (primary N) is 1. The van der Waals surface area contributed by atoms with Crippen LogP contribution < -0.4 is 5.73 Å². The summed E-state index contributed by atoms with van der Waals surface area (Å²) in [4.78, 5) is 13.7. The van der Waals surface area contributed by atoms with Crippen molar-refractivity contribution in [2.24, 2.45) is 5.73 Å². The van der Waals surface area contributed by atoms with Gasteiger partial charge in [0.15, 0.2) is 0 Å². The molecule has 0 unspecified atom stereocenters. The van der Waals surface area contributed by atoms with Crippen LogP contribution in [0.25, 0.3) is 0 Å². The molecule has 0 spiro atoms. The van der Waals surface area contributed by atoms with Crippen LogP contribution in [-0.2, 0) is 9.53 Å². The highest BCUT2D eigenvalue weighted by molar-refractivity contribution is 7.07. The Morgan fingerprint density at radius 2 is 2.47 bits per heavy atom. The number of hydrogen-bond acceptors (Lipinski definition) is 4. The summed E-state index contributed by atoms with van der Waals surface area (Å²) in [5.74, 6) is 0.128. The van der Waals surface area contributed by atoms with Gasteiger partial charge in [-0.3, -0.25) is 4.79 Å². The van der Waals surface area contributed by atoms with Crippen molar-refractivity contribution in [2.75, 3.05) is 19.6 Å². The van der Waals surface area contributed by atoms with E-state index in [4.69, 9.17) is 10.5 Å². The third-order valence-electron chi connectivity index (χ3n) is 2.89. The smallest absolute Gasteiger partial charge is 0.224 e. The fraction of sp³-hybridized carbons (Fsp3) is 0.583. The molecule has 1 fully saturated rings. The van der Waals surface area contributed by atoms with Crippen molar-refractivity contribution in [1.29, 1.82) is 0 Å². The van der Waals surface area contributed by atoms with Gasteiger partial charge in [-0.15, -0.1) is 0 Å². The van der Waals surface area contributed by atoms with Crippen LogP contribution in [0.5, 0.6) is 0 Å². The average Bonchev–Trinajstić information content (AvgIpc) is 2.82. The van der Waals surface area contributed by atoms with Crippen LogP contribution in [0.15, 0.2) is 16.8 Å². The molecular formula is C12H18N2O2S. The molecule has 2 atom stereocenters. The Morgan fingerprint density at radius 1 is 1.65 bits per heavy atom. The van der Waals surface area contributed by atoms with E-state index in [2.05, 4.69) is 11.4 Å². The molecule has 1 saturated heterocycles. The van der Waals surface area contributed by atoms with E-state index in [1.54, 1.807) is 11.3 Å². The molecular weight excluding hydrogens is 236 g/mol. The van der Waals surface area contributed by atoms with E-state index < -0.39 is 0 Å². The molecule has 2 N–H and O–H groups in total. The van der Waals surface area contributed by atoms with Gasteiger partial charge in [0, 0.05) is 19.5 Å². The summed E-state index contributed by atoms with van der Waals surface area (Å²) >= 11 is 1.65. The molecule has 0 aromatic carbocycles. The number of amides is 1. The zero-order chi connectivity index (χ0) is 12.3. The normalized spacial score (nSPS) is 24.9. The summed E-state index contributed by atoms with van der Waals surface area (Å²) in [5.41, 5.74) is 6.58. The van der Waals surface area contributed by atoms with E-state index in [1.165, 1.54) is 0 Å². The summed E-state index contributed by atoms with van der Waals surface area (Å²) in [6.45, 7) is 3.72. The Morgan fingerprint density at radius 3 is 3.12 bits per heavy atom. The molecule has 1 aliphatic heterocycles. The molecule has 1 aromatic rings. The summed E-state index contributed by atoms with van der Waals surface area (Å²) in [6.07, 6.45) is 0.505. The molecule has 2 rings (SSSR count). The van der Waals surface area contributed by atoms with Gasteiger partial charge in [0.05, 0.1) is 12.6 Å². The number of nitrogens with zero attached hydrogens (tertiary/aromatic N) is 1. The predicted octanol–water partition coefficient (Wildman–Crippen LogP) is 1.39. The molecule has 1 aromatic heterocycles. The molecule has 4 nitrogen and oxygen atoms in total. The summed E-state index contributed by atoms with van der Waals surface area (Å²) in [7, 11) is 0. The Balaban J connectivity index is 2.04. The zero-order valence-corrected chi connectivity index (χ0v) is 10.8. The second-order valence-corrected chi connectivity index (χ2v) is 5.11. The highest BCUT2D eigenvalue weighted by atomic mass is 32.1. The predicted molar refractivity (Wildman–Crippen MR) is 67.9 cm³/mol. The third kappa shape index (κ3) is 3.06. The number of morpholine rings is 1. The van der Waals surface area contributed by atoms with Gasteiger partial charge < -0.3 is 15.4 Å². The molecule has 0 saturated carbocycles. The van der Waals surface area contributed by atoms with E-state index in [9.17, 15) is 4.79 Å². The number of ether oxygens (including phenoxy) is 1. The molecule has 1 aliphatic rings. The molecule has 0 aliphatic carbocycles. The number of carbonyl (C=O) groups is 1. The Labute approximate surface area is 105 Å². The number of carbonyl (C=O) groups excluding carboxylic acids is 1. The highest BCUT2D eigenvalue weighted by Crippen LogP contribution is 2.26. The molecule has 5 heteroatoms. The lowest BCUT2D eigenvalue weighted by Gasteiger charge is -2.36. The summed E-state index contributed by atoms with van der Waals surface area (Å²) in [6, 6.07) is 2.05. The van der Waals surface area contributed by atoms with E-state index >= 15 is 0 Å². The van der Waals surface area contributed by atoms with Crippen LogP contribution in [0, 0.1) is 0 Å². The first-order valence-electron chi connectivity index (χ1n) is 5.86. The monoisotopic (exact) mass is 254 g/mol. The second-order valence-electron chi connectivity index (χ2n) is 4.33. The first-order chi connectivity index (χ1) is 8.20. The molecule has 0 bridgehead atoms. The molecule has 17 heavy (non-hydrogen) atoms. The number of thiophene rings is 1. The standard InChI is InChI=1S/C12H18N2O2S/c1-9-6-14(12(15)2-4-13)7-11(16-9)10-3-5-17-8-10/h3,5,8-9,11H,2,4,6-7,13H2,1H3/t9-,11+/m0/s1. The maximum atomic E-state index is 11.9. The Kier molecular flexibility index (Phi) is 4.15. The molecule has 2 heterocycles. The van der Waals surface area contributed by atoms with Crippen LogP contribution in [0.1, 0.15) is 25.0 Å².